The first-order chi connectivity index (χ1) is 15.0. The molecule has 0 radical (unpaired) electrons. The predicted octanol–water partition coefficient (Wildman–Crippen LogP) is 2.66. The van der Waals surface area contributed by atoms with E-state index >= 15 is 0 Å². The van der Waals surface area contributed by atoms with Crippen molar-refractivity contribution in [2.45, 2.75) is 19.4 Å². The van der Waals surface area contributed by atoms with E-state index in [1.807, 2.05) is 35.2 Å². The molecule has 1 aliphatic rings. The number of para-hydroxylation sites is 1. The zero-order valence-electron chi connectivity index (χ0n) is 16.6. The molecule has 5 rings (SSSR count). The molecule has 9 nitrogen and oxygen atoms in total. The molecule has 0 spiro atoms. The van der Waals surface area contributed by atoms with Gasteiger partial charge in [-0.25, -0.2) is 9.50 Å². The fourth-order valence-corrected chi connectivity index (χ4v) is 4.08. The quantitative estimate of drug-likeness (QED) is 0.490. The Morgan fingerprint density at radius 2 is 2.00 bits per heavy atom. The molecule has 10 heteroatoms. The Labute approximate surface area is 181 Å². The van der Waals surface area contributed by atoms with Crippen LogP contribution < -0.4 is 16.2 Å². The van der Waals surface area contributed by atoms with E-state index in [1.54, 1.807) is 16.8 Å². The summed E-state index contributed by atoms with van der Waals surface area (Å²) in [5.74, 6) is 0.873. The van der Waals surface area contributed by atoms with Gasteiger partial charge in [0.05, 0.1) is 22.3 Å². The number of Topliss-reactive ketones (excluding diaryl/α,β-unsaturated/α-hetero) is 1. The molecule has 4 aromatic rings. The molecule has 1 aromatic carbocycles. The highest BCUT2D eigenvalue weighted by Gasteiger charge is 2.37. The summed E-state index contributed by atoms with van der Waals surface area (Å²) in [6, 6.07) is 10.6. The number of rotatable bonds is 4. The topological polar surface area (TPSA) is 111 Å². The molecule has 0 unspecified atom stereocenters. The van der Waals surface area contributed by atoms with Crippen molar-refractivity contribution in [3.8, 4) is 5.69 Å². The highest BCUT2D eigenvalue weighted by Crippen LogP contribution is 2.38. The molecule has 0 aliphatic carbocycles. The Kier molecular flexibility index (Phi) is 4.48. The number of fused-ring (bicyclic) bond motifs is 1. The Hall–Kier alpha value is -3.72. The lowest BCUT2D eigenvalue weighted by atomic mass is 10.00. The number of anilines is 2. The number of nitrogens with two attached hydrogens (primary N) is 1. The van der Waals surface area contributed by atoms with E-state index in [-0.39, 0.29) is 23.3 Å². The number of ketones is 1. The molecule has 0 saturated carbocycles. The lowest BCUT2D eigenvalue weighted by Crippen LogP contribution is -2.46. The summed E-state index contributed by atoms with van der Waals surface area (Å²) in [4.78, 5) is 35.8. The average Bonchev–Trinajstić information content (AvgIpc) is 3.09. The number of nitrogen functional groups attached to an aromatic ring is 1. The first-order valence-corrected chi connectivity index (χ1v) is 10.1. The van der Waals surface area contributed by atoms with Crippen LogP contribution in [-0.2, 0) is 0 Å². The second-order valence-corrected chi connectivity index (χ2v) is 7.72. The lowest BCUT2D eigenvalue weighted by Gasteiger charge is -2.42. The number of benzene rings is 1. The summed E-state index contributed by atoms with van der Waals surface area (Å²) in [6.45, 7) is 2.09. The van der Waals surface area contributed by atoms with Crippen LogP contribution in [0.25, 0.3) is 11.2 Å². The van der Waals surface area contributed by atoms with Crippen LogP contribution in [0.15, 0.2) is 53.6 Å². The van der Waals surface area contributed by atoms with Gasteiger partial charge in [0.1, 0.15) is 11.3 Å². The van der Waals surface area contributed by atoms with Gasteiger partial charge in [-0.3, -0.25) is 14.2 Å². The third kappa shape index (κ3) is 3.05. The standard InChI is InChI=1S/C21H18ClN7O2/c1-12(30)14-11-24-21(23)25-18(14)27-9-8-16(27)19-26-28-10-7-15(22)17(28)20(31)29(19)13-5-3-2-4-6-13/h2-7,10-11,16H,8-9H2,1H3,(H2,23,24,25)/t16-/m1/s1. The third-order valence-corrected chi connectivity index (χ3v) is 5.74. The summed E-state index contributed by atoms with van der Waals surface area (Å²) >= 11 is 6.26. The highest BCUT2D eigenvalue weighted by atomic mass is 35.5. The fourth-order valence-electron chi connectivity index (χ4n) is 3.85. The number of nitrogens with zero attached hydrogens (tertiary/aromatic N) is 6. The van der Waals surface area contributed by atoms with Crippen LogP contribution in [0, 0.1) is 0 Å². The zero-order chi connectivity index (χ0) is 21.7. The highest BCUT2D eigenvalue weighted by molar-refractivity contribution is 6.33. The van der Waals surface area contributed by atoms with Crippen LogP contribution in [0.1, 0.15) is 35.6 Å². The van der Waals surface area contributed by atoms with Crippen molar-refractivity contribution < 1.29 is 4.79 Å². The minimum absolute atomic E-state index is 0.0757. The molecule has 1 fully saturated rings. The van der Waals surface area contributed by atoms with Gasteiger partial charge in [0.25, 0.3) is 5.56 Å². The van der Waals surface area contributed by atoms with Crippen molar-refractivity contribution in [1.82, 2.24) is 24.1 Å². The Morgan fingerprint density at radius 3 is 2.68 bits per heavy atom. The molecule has 4 heterocycles. The molecule has 2 N–H and O–H groups in total. The molecular weight excluding hydrogens is 418 g/mol. The summed E-state index contributed by atoms with van der Waals surface area (Å²) in [5, 5.41) is 5.06. The SMILES string of the molecule is CC(=O)c1cnc(N)nc1N1CC[C@@H]1c1nn2ccc(Cl)c2c(=O)n1-c1ccccc1. The number of carbonyl (C=O) groups is 1. The van der Waals surface area contributed by atoms with E-state index in [0.29, 0.717) is 40.0 Å². The Balaban J connectivity index is 1.72. The Bertz CT molecular complexity index is 1380. The second-order valence-electron chi connectivity index (χ2n) is 7.31. The van der Waals surface area contributed by atoms with Crippen molar-refractivity contribution in [2.75, 3.05) is 17.2 Å². The minimum Gasteiger partial charge on any atom is -0.368 e. The van der Waals surface area contributed by atoms with Crippen LogP contribution in [0.2, 0.25) is 5.02 Å². The van der Waals surface area contributed by atoms with E-state index in [1.165, 1.54) is 17.6 Å². The predicted molar refractivity (Wildman–Crippen MR) is 117 cm³/mol. The van der Waals surface area contributed by atoms with Crippen molar-refractivity contribution in [3.63, 3.8) is 0 Å². The molecule has 0 bridgehead atoms. The van der Waals surface area contributed by atoms with E-state index in [2.05, 4.69) is 9.97 Å². The average molecular weight is 436 g/mol. The molecule has 156 valence electrons. The summed E-state index contributed by atoms with van der Waals surface area (Å²) in [7, 11) is 0. The van der Waals surface area contributed by atoms with E-state index in [0.717, 1.165) is 6.42 Å². The van der Waals surface area contributed by atoms with Gasteiger partial charge in [-0.15, -0.1) is 0 Å². The largest absolute Gasteiger partial charge is 0.368 e. The van der Waals surface area contributed by atoms with E-state index < -0.39 is 0 Å². The molecule has 0 amide bonds. The fraction of sp³-hybridized carbons (Fsp3) is 0.190. The zero-order valence-corrected chi connectivity index (χ0v) is 17.3. The van der Waals surface area contributed by atoms with Crippen LogP contribution in [0.3, 0.4) is 0 Å². The molecular formula is C21H18ClN7O2. The summed E-state index contributed by atoms with van der Waals surface area (Å²) in [5.41, 5.74) is 6.88. The summed E-state index contributed by atoms with van der Waals surface area (Å²) in [6.07, 6.45) is 3.81. The van der Waals surface area contributed by atoms with Gasteiger partial charge >= 0.3 is 0 Å². The van der Waals surface area contributed by atoms with E-state index in [4.69, 9.17) is 22.4 Å². The van der Waals surface area contributed by atoms with Crippen LogP contribution in [0.5, 0.6) is 0 Å². The van der Waals surface area contributed by atoms with Gasteiger partial charge in [-0.05, 0) is 31.5 Å². The maximum Gasteiger partial charge on any atom is 0.284 e. The third-order valence-electron chi connectivity index (χ3n) is 5.43. The van der Waals surface area contributed by atoms with Gasteiger partial charge in [0.2, 0.25) is 5.95 Å². The van der Waals surface area contributed by atoms with Crippen LogP contribution in [0.4, 0.5) is 11.8 Å². The number of halogens is 1. The first-order valence-electron chi connectivity index (χ1n) is 9.71. The van der Waals surface area contributed by atoms with Crippen molar-refractivity contribution in [1.29, 1.82) is 0 Å². The normalized spacial score (nSPS) is 15.8. The van der Waals surface area contributed by atoms with Crippen molar-refractivity contribution in [3.05, 3.63) is 75.6 Å². The van der Waals surface area contributed by atoms with Crippen LogP contribution >= 0.6 is 11.6 Å². The maximum absolute atomic E-state index is 13.4. The van der Waals surface area contributed by atoms with Crippen molar-refractivity contribution >= 4 is 34.7 Å². The van der Waals surface area contributed by atoms with Crippen molar-refractivity contribution in [2.24, 2.45) is 0 Å². The molecule has 1 saturated heterocycles. The number of aromatic nitrogens is 5. The van der Waals surface area contributed by atoms with Gasteiger partial charge < -0.3 is 10.6 Å². The van der Waals surface area contributed by atoms with Gasteiger partial charge in [0, 0.05) is 18.9 Å². The number of carbonyl (C=O) groups excluding carboxylic acids is 1. The van der Waals surface area contributed by atoms with Gasteiger partial charge in [-0.1, -0.05) is 29.8 Å². The van der Waals surface area contributed by atoms with E-state index in [9.17, 15) is 9.59 Å². The maximum atomic E-state index is 13.4. The number of hydrogen-bond donors (Lipinski definition) is 1. The monoisotopic (exact) mass is 435 g/mol. The lowest BCUT2D eigenvalue weighted by molar-refractivity contribution is 0.101. The van der Waals surface area contributed by atoms with Crippen LogP contribution in [-0.4, -0.2) is 36.5 Å². The van der Waals surface area contributed by atoms with Gasteiger partial charge in [-0.2, -0.15) is 10.1 Å². The molecule has 1 atom stereocenters. The second kappa shape index (κ2) is 7.21. The first kappa shape index (κ1) is 19.3. The number of hydrogen-bond acceptors (Lipinski definition) is 7. The molecule has 1 aliphatic heterocycles. The van der Waals surface area contributed by atoms with Gasteiger partial charge in [0.15, 0.2) is 11.6 Å². The smallest absolute Gasteiger partial charge is 0.284 e. The molecule has 3 aromatic heterocycles. The summed E-state index contributed by atoms with van der Waals surface area (Å²) < 4.78 is 3.06. The molecule has 31 heavy (non-hydrogen) atoms. The minimum atomic E-state index is -0.286. The Morgan fingerprint density at radius 1 is 1.23 bits per heavy atom.